The highest BCUT2D eigenvalue weighted by Gasteiger charge is 2.27. The molecule has 2 aromatic carbocycles. The van der Waals surface area contributed by atoms with Gasteiger partial charge in [0.25, 0.3) is 0 Å². The second-order valence-corrected chi connectivity index (χ2v) is 10.4. The van der Waals surface area contributed by atoms with Crippen LogP contribution < -0.4 is 25.0 Å². The SMILES string of the molecule is CCc1cccc2c1N(C)Cc1c-2ccc(OCc2cn(CCNC(C)=O)nn2)c1OCc1cn(CCNC(C)=O)nn1. The van der Waals surface area contributed by atoms with E-state index in [1.165, 1.54) is 25.1 Å². The molecule has 13 nitrogen and oxygen atoms in total. The Labute approximate surface area is 250 Å². The summed E-state index contributed by atoms with van der Waals surface area (Å²) in [4.78, 5) is 24.6. The molecule has 4 aromatic rings. The Kier molecular flexibility index (Phi) is 9.18. The molecule has 0 bridgehead atoms. The minimum atomic E-state index is -0.0878. The minimum absolute atomic E-state index is 0.0877. The van der Waals surface area contributed by atoms with Crippen LogP contribution in [0.15, 0.2) is 42.7 Å². The van der Waals surface area contributed by atoms with E-state index in [0.717, 1.165) is 23.1 Å². The number of aromatic nitrogens is 6. The van der Waals surface area contributed by atoms with Crippen molar-refractivity contribution < 1.29 is 19.1 Å². The number of fused-ring (bicyclic) bond motifs is 3. The third-order valence-corrected chi connectivity index (χ3v) is 7.13. The first-order chi connectivity index (χ1) is 20.8. The summed E-state index contributed by atoms with van der Waals surface area (Å²) in [6, 6.07) is 10.4. The van der Waals surface area contributed by atoms with Crippen LogP contribution >= 0.6 is 0 Å². The summed E-state index contributed by atoms with van der Waals surface area (Å²) in [6.45, 7) is 8.12. The van der Waals surface area contributed by atoms with Crippen molar-refractivity contribution in [2.24, 2.45) is 0 Å². The Hall–Kier alpha value is -4.94. The zero-order valence-electron chi connectivity index (χ0n) is 25.0. The van der Waals surface area contributed by atoms with Gasteiger partial charge in [0.1, 0.15) is 24.6 Å². The number of carbonyl (C=O) groups is 2. The summed E-state index contributed by atoms with van der Waals surface area (Å²) in [7, 11) is 2.10. The number of para-hydroxylation sites is 1. The maximum atomic E-state index is 11.2. The van der Waals surface area contributed by atoms with Crippen molar-refractivity contribution in [2.45, 2.75) is 60.0 Å². The molecule has 2 aromatic heterocycles. The van der Waals surface area contributed by atoms with Gasteiger partial charge in [-0.2, -0.15) is 0 Å². The molecule has 1 aliphatic heterocycles. The van der Waals surface area contributed by atoms with Crippen LogP contribution in [-0.2, 0) is 48.9 Å². The van der Waals surface area contributed by atoms with Gasteiger partial charge >= 0.3 is 0 Å². The normalized spacial score (nSPS) is 12.0. The molecule has 0 unspecified atom stereocenters. The van der Waals surface area contributed by atoms with Crippen molar-refractivity contribution >= 4 is 17.5 Å². The summed E-state index contributed by atoms with van der Waals surface area (Å²) >= 11 is 0. The van der Waals surface area contributed by atoms with Gasteiger partial charge in [-0.15, -0.1) is 10.2 Å². The van der Waals surface area contributed by atoms with E-state index < -0.39 is 0 Å². The van der Waals surface area contributed by atoms with Crippen molar-refractivity contribution in [1.82, 2.24) is 40.6 Å². The van der Waals surface area contributed by atoms with Crippen molar-refractivity contribution in [2.75, 3.05) is 25.0 Å². The predicted octanol–water partition coefficient (Wildman–Crippen LogP) is 2.48. The first-order valence-corrected chi connectivity index (χ1v) is 14.3. The fourth-order valence-electron chi connectivity index (χ4n) is 5.17. The van der Waals surface area contributed by atoms with Gasteiger partial charge in [-0.25, -0.2) is 0 Å². The fraction of sp³-hybridized carbons (Fsp3) is 0.400. The molecule has 0 atom stereocenters. The summed E-state index contributed by atoms with van der Waals surface area (Å²) in [6.07, 6.45) is 4.55. The molecule has 226 valence electrons. The van der Waals surface area contributed by atoms with Gasteiger partial charge in [-0.1, -0.05) is 35.5 Å². The van der Waals surface area contributed by atoms with E-state index >= 15 is 0 Å². The maximum absolute atomic E-state index is 11.2. The van der Waals surface area contributed by atoms with Gasteiger partial charge in [0, 0.05) is 57.3 Å². The lowest BCUT2D eigenvalue weighted by Gasteiger charge is -2.33. The van der Waals surface area contributed by atoms with Crippen LogP contribution in [0.3, 0.4) is 0 Å². The summed E-state index contributed by atoms with van der Waals surface area (Å²) in [5.74, 6) is 1.06. The smallest absolute Gasteiger partial charge is 0.216 e. The second kappa shape index (κ2) is 13.4. The molecular formula is C30H37N9O4. The minimum Gasteiger partial charge on any atom is -0.483 e. The highest BCUT2D eigenvalue weighted by Crippen LogP contribution is 2.47. The highest BCUT2D eigenvalue weighted by molar-refractivity contribution is 5.87. The molecule has 0 spiro atoms. The number of benzene rings is 2. The Bertz CT molecular complexity index is 1600. The lowest BCUT2D eigenvalue weighted by Crippen LogP contribution is -2.24. The molecular weight excluding hydrogens is 550 g/mol. The monoisotopic (exact) mass is 587 g/mol. The molecule has 0 radical (unpaired) electrons. The van der Waals surface area contributed by atoms with E-state index in [1.54, 1.807) is 15.6 Å². The van der Waals surface area contributed by atoms with E-state index in [0.29, 0.717) is 55.6 Å². The standard InChI is InChI=1S/C30H37N9O4/c1-5-22-7-6-8-26-25-9-10-28(42-18-23-15-38(35-33-23)13-11-31-20(2)40)30(27(25)17-37(4)29(22)26)43-19-24-16-39(36-34-24)14-12-32-21(3)41/h6-10,15-16H,5,11-14,17-19H2,1-4H3,(H,31,40)(H,32,41). The van der Waals surface area contributed by atoms with E-state index in [9.17, 15) is 9.59 Å². The Morgan fingerprint density at radius 3 is 2.09 bits per heavy atom. The van der Waals surface area contributed by atoms with Gasteiger partial charge < -0.3 is 25.0 Å². The van der Waals surface area contributed by atoms with Crippen LogP contribution in [0.1, 0.15) is 43.3 Å². The van der Waals surface area contributed by atoms with E-state index in [-0.39, 0.29) is 25.0 Å². The van der Waals surface area contributed by atoms with Crippen molar-refractivity contribution in [3.8, 4) is 22.6 Å². The summed E-state index contributed by atoms with van der Waals surface area (Å²) < 4.78 is 16.1. The van der Waals surface area contributed by atoms with Crippen molar-refractivity contribution in [3.63, 3.8) is 0 Å². The first kappa shape index (κ1) is 29.5. The van der Waals surface area contributed by atoms with Gasteiger partial charge in [0.05, 0.1) is 25.5 Å². The largest absolute Gasteiger partial charge is 0.483 e. The zero-order valence-corrected chi connectivity index (χ0v) is 25.0. The molecule has 0 fully saturated rings. The summed E-state index contributed by atoms with van der Waals surface area (Å²) in [5.41, 5.74) is 7.13. The number of ether oxygens (including phenoxy) is 2. The van der Waals surface area contributed by atoms with Crippen LogP contribution in [0.4, 0.5) is 5.69 Å². The van der Waals surface area contributed by atoms with E-state index in [4.69, 9.17) is 9.47 Å². The third kappa shape index (κ3) is 7.11. The third-order valence-electron chi connectivity index (χ3n) is 7.13. The Balaban J connectivity index is 1.38. The predicted molar refractivity (Wildman–Crippen MR) is 159 cm³/mol. The average molecular weight is 588 g/mol. The number of aryl methyl sites for hydroxylation is 1. The number of rotatable bonds is 13. The number of anilines is 1. The molecule has 5 rings (SSSR count). The molecule has 1 aliphatic rings. The molecule has 2 N–H and O–H groups in total. The molecule has 2 amide bonds. The highest BCUT2D eigenvalue weighted by atomic mass is 16.5. The van der Waals surface area contributed by atoms with Crippen molar-refractivity contribution in [3.05, 3.63) is 65.2 Å². The summed E-state index contributed by atoms with van der Waals surface area (Å²) in [5, 5.41) is 22.3. The number of nitrogens with one attached hydrogen (secondary N) is 2. The average Bonchev–Trinajstić information content (AvgIpc) is 3.64. The first-order valence-electron chi connectivity index (χ1n) is 14.3. The zero-order chi connectivity index (χ0) is 30.3. The van der Waals surface area contributed by atoms with Crippen LogP contribution in [0.5, 0.6) is 11.5 Å². The quantitative estimate of drug-likeness (QED) is 0.241. The number of nitrogens with zero attached hydrogens (tertiary/aromatic N) is 7. The van der Waals surface area contributed by atoms with Crippen LogP contribution in [-0.4, -0.2) is 61.9 Å². The maximum Gasteiger partial charge on any atom is 0.216 e. The molecule has 43 heavy (non-hydrogen) atoms. The van der Waals surface area contributed by atoms with Crippen LogP contribution in [0.25, 0.3) is 11.1 Å². The molecule has 0 aliphatic carbocycles. The number of hydrogen-bond acceptors (Lipinski definition) is 9. The molecule has 0 saturated carbocycles. The second-order valence-electron chi connectivity index (χ2n) is 10.4. The van der Waals surface area contributed by atoms with Gasteiger partial charge in [0.15, 0.2) is 11.5 Å². The Morgan fingerprint density at radius 1 is 0.860 bits per heavy atom. The van der Waals surface area contributed by atoms with E-state index in [2.05, 4.69) is 74.4 Å². The molecule has 13 heteroatoms. The van der Waals surface area contributed by atoms with E-state index in [1.807, 2.05) is 12.3 Å². The molecule has 0 saturated heterocycles. The topological polar surface area (TPSA) is 141 Å². The van der Waals surface area contributed by atoms with Crippen molar-refractivity contribution in [1.29, 1.82) is 0 Å². The lowest BCUT2D eigenvalue weighted by atomic mass is 9.90. The number of amides is 2. The number of carbonyl (C=O) groups excluding carboxylic acids is 2. The fourth-order valence-corrected chi connectivity index (χ4v) is 5.17. The Morgan fingerprint density at radius 2 is 1.49 bits per heavy atom. The molecule has 3 heterocycles. The van der Waals surface area contributed by atoms with Gasteiger partial charge in [-0.05, 0) is 29.7 Å². The van der Waals surface area contributed by atoms with Crippen LogP contribution in [0.2, 0.25) is 0 Å². The van der Waals surface area contributed by atoms with Gasteiger partial charge in [0.2, 0.25) is 11.8 Å². The van der Waals surface area contributed by atoms with Crippen LogP contribution in [0, 0.1) is 0 Å². The lowest BCUT2D eigenvalue weighted by molar-refractivity contribution is -0.119. The number of hydrogen-bond donors (Lipinski definition) is 2. The van der Waals surface area contributed by atoms with Gasteiger partial charge in [-0.3, -0.25) is 19.0 Å².